The Morgan fingerprint density at radius 3 is 2.58 bits per heavy atom. The number of pyridine rings is 1. The minimum Gasteiger partial charge on any atom is -0.481 e. The van der Waals surface area contributed by atoms with E-state index < -0.39 is 5.91 Å². The van der Waals surface area contributed by atoms with E-state index in [-0.39, 0.29) is 5.91 Å². The summed E-state index contributed by atoms with van der Waals surface area (Å²) in [6, 6.07) is 6.55. The molecule has 2 rings (SSSR count). The number of amides is 2. The lowest BCUT2D eigenvalue weighted by Gasteiger charge is -2.06. The van der Waals surface area contributed by atoms with Gasteiger partial charge in [-0.05, 0) is 17.5 Å². The molecule has 0 saturated carbocycles. The van der Waals surface area contributed by atoms with Gasteiger partial charge in [-0.3, -0.25) is 20.4 Å². The number of carbonyl (C=O) groups is 2. The van der Waals surface area contributed by atoms with Gasteiger partial charge in [-0.1, -0.05) is 6.07 Å². The van der Waals surface area contributed by atoms with Crippen molar-refractivity contribution in [2.75, 3.05) is 7.11 Å². The molecule has 2 aromatic rings. The minimum atomic E-state index is -0.444. The fourth-order valence-corrected chi connectivity index (χ4v) is 1.91. The second kappa shape index (κ2) is 5.96. The molecule has 0 unspecified atom stereocenters. The molecule has 0 aromatic carbocycles. The Bertz CT molecular complexity index is 566. The van der Waals surface area contributed by atoms with Crippen molar-refractivity contribution in [1.82, 2.24) is 15.8 Å². The SMILES string of the molecule is COc1ccc(C(=O)NNC(=O)c2cccs2)cn1. The van der Waals surface area contributed by atoms with Gasteiger partial charge in [0.05, 0.1) is 17.6 Å². The van der Waals surface area contributed by atoms with Crippen molar-refractivity contribution in [3.8, 4) is 5.88 Å². The topological polar surface area (TPSA) is 80.3 Å². The highest BCUT2D eigenvalue weighted by molar-refractivity contribution is 7.12. The molecule has 7 heteroatoms. The molecule has 0 aliphatic heterocycles. The van der Waals surface area contributed by atoms with Crippen LogP contribution in [0, 0.1) is 0 Å². The summed E-state index contributed by atoms with van der Waals surface area (Å²) in [7, 11) is 1.49. The third-order valence-corrected chi connectivity index (χ3v) is 3.11. The molecule has 2 aromatic heterocycles. The van der Waals surface area contributed by atoms with Crippen molar-refractivity contribution in [3.05, 3.63) is 46.3 Å². The number of thiophene rings is 1. The lowest BCUT2D eigenvalue weighted by molar-refractivity contribution is 0.0848. The van der Waals surface area contributed by atoms with Gasteiger partial charge in [0.1, 0.15) is 0 Å². The highest BCUT2D eigenvalue weighted by Gasteiger charge is 2.10. The first kappa shape index (κ1) is 13.0. The van der Waals surface area contributed by atoms with E-state index in [2.05, 4.69) is 15.8 Å². The van der Waals surface area contributed by atoms with Crippen LogP contribution in [0.15, 0.2) is 35.8 Å². The molecular weight excluding hydrogens is 266 g/mol. The van der Waals surface area contributed by atoms with Gasteiger partial charge < -0.3 is 4.74 Å². The van der Waals surface area contributed by atoms with Gasteiger partial charge in [-0.25, -0.2) is 4.98 Å². The zero-order valence-corrected chi connectivity index (χ0v) is 10.9. The number of aromatic nitrogens is 1. The Kier molecular flexibility index (Phi) is 4.09. The zero-order chi connectivity index (χ0) is 13.7. The number of nitrogens with one attached hydrogen (secondary N) is 2. The molecule has 0 atom stereocenters. The summed E-state index contributed by atoms with van der Waals surface area (Å²) < 4.78 is 4.88. The summed E-state index contributed by atoms with van der Waals surface area (Å²) in [6.45, 7) is 0. The molecule has 0 bridgehead atoms. The molecular formula is C12H11N3O3S. The second-order valence-corrected chi connectivity index (χ2v) is 4.42. The molecule has 19 heavy (non-hydrogen) atoms. The summed E-state index contributed by atoms with van der Waals surface area (Å²) in [5.41, 5.74) is 4.96. The average Bonchev–Trinajstić information content (AvgIpc) is 2.98. The number of ether oxygens (including phenoxy) is 1. The normalized spacial score (nSPS) is 9.74. The Morgan fingerprint density at radius 2 is 2.00 bits per heavy atom. The molecule has 98 valence electrons. The van der Waals surface area contributed by atoms with E-state index in [1.165, 1.54) is 24.6 Å². The Balaban J connectivity index is 1.92. The maximum absolute atomic E-state index is 11.7. The highest BCUT2D eigenvalue weighted by atomic mass is 32.1. The fraction of sp³-hybridized carbons (Fsp3) is 0.0833. The van der Waals surface area contributed by atoms with E-state index in [1.807, 2.05) is 0 Å². The van der Waals surface area contributed by atoms with Crippen LogP contribution in [-0.4, -0.2) is 23.9 Å². The van der Waals surface area contributed by atoms with Crippen LogP contribution < -0.4 is 15.6 Å². The van der Waals surface area contributed by atoms with Crippen molar-refractivity contribution < 1.29 is 14.3 Å². The van der Waals surface area contributed by atoms with Crippen LogP contribution in [0.4, 0.5) is 0 Å². The molecule has 0 aliphatic rings. The van der Waals surface area contributed by atoms with Crippen molar-refractivity contribution in [3.63, 3.8) is 0 Å². The van der Waals surface area contributed by atoms with E-state index in [9.17, 15) is 9.59 Å². The van der Waals surface area contributed by atoms with Crippen molar-refractivity contribution in [2.24, 2.45) is 0 Å². The van der Waals surface area contributed by atoms with Crippen LogP contribution in [-0.2, 0) is 0 Å². The van der Waals surface area contributed by atoms with Crippen molar-refractivity contribution >= 4 is 23.2 Å². The zero-order valence-electron chi connectivity index (χ0n) is 10.0. The molecule has 0 spiro atoms. The van der Waals surface area contributed by atoms with E-state index in [1.54, 1.807) is 29.6 Å². The van der Waals surface area contributed by atoms with Crippen molar-refractivity contribution in [2.45, 2.75) is 0 Å². The van der Waals surface area contributed by atoms with Crippen LogP contribution in [0.5, 0.6) is 5.88 Å². The first-order chi connectivity index (χ1) is 9.20. The van der Waals surface area contributed by atoms with Gasteiger partial charge in [-0.2, -0.15) is 0 Å². The lowest BCUT2D eigenvalue weighted by Crippen LogP contribution is -2.41. The third kappa shape index (κ3) is 3.29. The number of hydrogen-bond acceptors (Lipinski definition) is 5. The van der Waals surface area contributed by atoms with Crippen LogP contribution >= 0.6 is 11.3 Å². The van der Waals surface area contributed by atoms with Gasteiger partial charge >= 0.3 is 0 Å². The van der Waals surface area contributed by atoms with E-state index in [0.29, 0.717) is 16.3 Å². The monoisotopic (exact) mass is 277 g/mol. The molecule has 0 saturated heterocycles. The lowest BCUT2D eigenvalue weighted by atomic mass is 10.3. The molecule has 2 N–H and O–H groups in total. The molecule has 2 amide bonds. The van der Waals surface area contributed by atoms with E-state index >= 15 is 0 Å². The molecule has 0 radical (unpaired) electrons. The van der Waals surface area contributed by atoms with Crippen LogP contribution in [0.3, 0.4) is 0 Å². The smallest absolute Gasteiger partial charge is 0.279 e. The van der Waals surface area contributed by atoms with Crippen LogP contribution in [0.1, 0.15) is 20.0 Å². The predicted molar refractivity (Wildman–Crippen MR) is 70.0 cm³/mol. The molecule has 0 fully saturated rings. The van der Waals surface area contributed by atoms with Gasteiger partial charge in [-0.15, -0.1) is 11.3 Å². The van der Waals surface area contributed by atoms with Gasteiger partial charge in [0, 0.05) is 12.3 Å². The third-order valence-electron chi connectivity index (χ3n) is 2.24. The van der Waals surface area contributed by atoms with Crippen LogP contribution in [0.2, 0.25) is 0 Å². The van der Waals surface area contributed by atoms with Gasteiger partial charge in [0.25, 0.3) is 11.8 Å². The van der Waals surface area contributed by atoms with Crippen molar-refractivity contribution in [1.29, 1.82) is 0 Å². The van der Waals surface area contributed by atoms with Gasteiger partial charge in [0.2, 0.25) is 5.88 Å². The summed E-state index contributed by atoms with van der Waals surface area (Å²) >= 11 is 1.29. The maximum atomic E-state index is 11.7. The number of hydrogen-bond donors (Lipinski definition) is 2. The number of rotatable bonds is 3. The molecule has 6 nitrogen and oxygen atoms in total. The number of methoxy groups -OCH3 is 1. The minimum absolute atomic E-state index is 0.326. The van der Waals surface area contributed by atoms with E-state index in [0.717, 1.165) is 0 Å². The molecule has 0 aliphatic carbocycles. The first-order valence-corrected chi connectivity index (χ1v) is 6.23. The Morgan fingerprint density at radius 1 is 1.21 bits per heavy atom. The quantitative estimate of drug-likeness (QED) is 0.827. The number of hydrazine groups is 1. The maximum Gasteiger partial charge on any atom is 0.279 e. The predicted octanol–water partition coefficient (Wildman–Crippen LogP) is 1.23. The number of carbonyl (C=O) groups excluding carboxylic acids is 2. The summed E-state index contributed by atoms with van der Waals surface area (Å²) in [5, 5.41) is 1.78. The fourth-order valence-electron chi connectivity index (χ4n) is 1.29. The Hall–Kier alpha value is -2.41. The van der Waals surface area contributed by atoms with Crippen LogP contribution in [0.25, 0.3) is 0 Å². The second-order valence-electron chi connectivity index (χ2n) is 3.47. The highest BCUT2D eigenvalue weighted by Crippen LogP contribution is 2.08. The Labute approximate surface area is 113 Å². The largest absolute Gasteiger partial charge is 0.481 e. The summed E-state index contributed by atoms with van der Waals surface area (Å²) in [5.74, 6) is -0.385. The standard InChI is InChI=1S/C12H11N3O3S/c1-18-10-5-4-8(7-13-10)11(16)14-15-12(17)9-3-2-6-19-9/h2-7H,1H3,(H,14,16)(H,15,17). The van der Waals surface area contributed by atoms with Gasteiger partial charge in [0.15, 0.2) is 0 Å². The van der Waals surface area contributed by atoms with E-state index in [4.69, 9.17) is 4.74 Å². The average molecular weight is 277 g/mol. The molecule has 2 heterocycles. The first-order valence-electron chi connectivity index (χ1n) is 5.35. The number of nitrogens with zero attached hydrogens (tertiary/aromatic N) is 1. The summed E-state index contributed by atoms with van der Waals surface area (Å²) in [4.78, 5) is 27.7. The summed E-state index contributed by atoms with van der Waals surface area (Å²) in [6.07, 6.45) is 1.37.